The van der Waals surface area contributed by atoms with Gasteiger partial charge < -0.3 is 9.47 Å². The van der Waals surface area contributed by atoms with Gasteiger partial charge in [-0.1, -0.05) is 0 Å². The lowest BCUT2D eigenvalue weighted by Crippen LogP contribution is -2.12. The molecule has 0 aromatic heterocycles. The summed E-state index contributed by atoms with van der Waals surface area (Å²) < 4.78 is 33.0. The van der Waals surface area contributed by atoms with Gasteiger partial charge in [-0.25, -0.2) is 13.6 Å². The minimum atomic E-state index is -4.05. The van der Waals surface area contributed by atoms with Crippen molar-refractivity contribution in [3.05, 3.63) is 52.1 Å². The molecule has 2 rings (SSSR count). The molecule has 11 heteroatoms. The van der Waals surface area contributed by atoms with E-state index in [4.69, 9.17) is 14.6 Å². The van der Waals surface area contributed by atoms with Crippen LogP contribution in [0.15, 0.2) is 46.4 Å². The van der Waals surface area contributed by atoms with Gasteiger partial charge in [0.2, 0.25) is 10.0 Å². The summed E-state index contributed by atoms with van der Waals surface area (Å²) >= 11 is 0. The third-order valence-corrected chi connectivity index (χ3v) is 4.23. The van der Waals surface area contributed by atoms with Crippen LogP contribution >= 0.6 is 0 Å². The minimum Gasteiger partial charge on any atom is -0.497 e. The van der Waals surface area contributed by atoms with Crippen molar-refractivity contribution in [2.75, 3.05) is 19.6 Å². The molecule has 0 spiro atoms. The third-order valence-electron chi connectivity index (χ3n) is 3.32. The van der Waals surface area contributed by atoms with Gasteiger partial charge in [-0.3, -0.25) is 15.5 Å². The number of benzene rings is 2. The number of anilines is 1. The Hall–Kier alpha value is -3.18. The fraction of sp³-hybridized carbons (Fsp3) is 0.133. The van der Waals surface area contributed by atoms with Crippen molar-refractivity contribution in [3.8, 4) is 11.5 Å². The summed E-state index contributed by atoms with van der Waals surface area (Å²) in [5.74, 6) is 1.09. The topological polar surface area (TPSA) is 146 Å². The van der Waals surface area contributed by atoms with E-state index >= 15 is 0 Å². The average molecular weight is 380 g/mol. The Morgan fingerprint density at radius 1 is 1.19 bits per heavy atom. The maximum atomic E-state index is 11.3. The highest BCUT2D eigenvalue weighted by atomic mass is 32.2. The van der Waals surface area contributed by atoms with Crippen LogP contribution in [0.25, 0.3) is 0 Å². The number of nitro groups is 1. The summed E-state index contributed by atoms with van der Waals surface area (Å²) in [4.78, 5) is 10.0. The Morgan fingerprint density at radius 3 is 2.50 bits per heavy atom. The first-order valence-electron chi connectivity index (χ1n) is 7.08. The predicted octanol–water partition coefficient (Wildman–Crippen LogP) is 1.71. The standard InChI is InChI=1S/C15H16N4O6S/c1-24-11-4-3-10(15(7-11)25-2)9-17-18-13-6-5-12(26(16,22)23)8-14(13)19(20)21/h3-9,18H,1-2H3,(H2,16,22,23)/b17-9+. The van der Waals surface area contributed by atoms with Gasteiger partial charge >= 0.3 is 0 Å². The Kier molecular flexibility index (Phi) is 5.75. The lowest BCUT2D eigenvalue weighted by Gasteiger charge is -2.07. The highest BCUT2D eigenvalue weighted by Gasteiger charge is 2.18. The quantitative estimate of drug-likeness (QED) is 0.422. The van der Waals surface area contributed by atoms with Gasteiger partial charge in [0.25, 0.3) is 5.69 Å². The Morgan fingerprint density at radius 2 is 1.92 bits per heavy atom. The van der Waals surface area contributed by atoms with E-state index in [1.807, 2.05) is 0 Å². The molecule has 0 bridgehead atoms. The van der Waals surface area contributed by atoms with Crippen LogP contribution < -0.4 is 20.0 Å². The molecule has 10 nitrogen and oxygen atoms in total. The largest absolute Gasteiger partial charge is 0.497 e. The van der Waals surface area contributed by atoms with Crippen molar-refractivity contribution in [1.29, 1.82) is 0 Å². The smallest absolute Gasteiger partial charge is 0.295 e. The van der Waals surface area contributed by atoms with Gasteiger partial charge in [-0.15, -0.1) is 0 Å². The zero-order valence-electron chi connectivity index (χ0n) is 13.9. The zero-order valence-corrected chi connectivity index (χ0v) is 14.7. The van der Waals surface area contributed by atoms with Gasteiger partial charge in [0.15, 0.2) is 0 Å². The lowest BCUT2D eigenvalue weighted by atomic mass is 10.2. The molecule has 0 saturated carbocycles. The van der Waals surface area contributed by atoms with Crippen LogP contribution in [-0.2, 0) is 10.0 Å². The van der Waals surface area contributed by atoms with Crippen molar-refractivity contribution in [2.24, 2.45) is 10.2 Å². The van der Waals surface area contributed by atoms with Crippen molar-refractivity contribution in [1.82, 2.24) is 0 Å². The number of nitrogens with two attached hydrogens (primary N) is 1. The molecule has 0 heterocycles. The molecule has 0 fully saturated rings. The monoisotopic (exact) mass is 380 g/mol. The van der Waals surface area contributed by atoms with Crippen LogP contribution in [0.5, 0.6) is 11.5 Å². The summed E-state index contributed by atoms with van der Waals surface area (Å²) in [6, 6.07) is 8.27. The molecule has 0 aliphatic carbocycles. The predicted molar refractivity (Wildman–Crippen MR) is 95.2 cm³/mol. The second kappa shape index (κ2) is 7.80. The van der Waals surface area contributed by atoms with E-state index in [2.05, 4.69) is 10.5 Å². The van der Waals surface area contributed by atoms with Crippen molar-refractivity contribution < 1.29 is 22.8 Å². The van der Waals surface area contributed by atoms with E-state index in [1.165, 1.54) is 26.5 Å². The molecule has 0 aliphatic heterocycles. The SMILES string of the molecule is COc1ccc(/C=N/Nc2ccc(S(N)(=O)=O)cc2[N+](=O)[O-])c(OC)c1. The van der Waals surface area contributed by atoms with E-state index in [9.17, 15) is 18.5 Å². The molecule has 0 amide bonds. The number of sulfonamides is 1. The first-order chi connectivity index (χ1) is 12.3. The molecule has 0 unspecified atom stereocenters. The van der Waals surface area contributed by atoms with E-state index in [-0.39, 0.29) is 10.6 Å². The third kappa shape index (κ3) is 4.46. The van der Waals surface area contributed by atoms with Gasteiger partial charge in [-0.05, 0) is 24.3 Å². The van der Waals surface area contributed by atoms with Crippen molar-refractivity contribution >= 4 is 27.6 Å². The van der Waals surface area contributed by atoms with Crippen molar-refractivity contribution in [3.63, 3.8) is 0 Å². The maximum absolute atomic E-state index is 11.3. The van der Waals surface area contributed by atoms with E-state index in [0.29, 0.717) is 17.1 Å². The number of nitrogens with one attached hydrogen (secondary N) is 1. The van der Waals surface area contributed by atoms with E-state index in [0.717, 1.165) is 12.1 Å². The highest BCUT2D eigenvalue weighted by Crippen LogP contribution is 2.27. The fourth-order valence-electron chi connectivity index (χ4n) is 2.03. The first kappa shape index (κ1) is 19.1. The maximum Gasteiger partial charge on any atom is 0.295 e. The Bertz CT molecular complexity index is 959. The number of methoxy groups -OCH3 is 2. The normalized spacial score (nSPS) is 11.3. The number of primary sulfonamides is 1. The molecule has 0 aliphatic rings. The van der Waals surface area contributed by atoms with Gasteiger partial charge in [0, 0.05) is 17.7 Å². The molecule has 2 aromatic rings. The zero-order chi connectivity index (χ0) is 19.3. The summed E-state index contributed by atoms with van der Waals surface area (Å²) in [6.07, 6.45) is 1.40. The highest BCUT2D eigenvalue weighted by molar-refractivity contribution is 7.89. The summed E-state index contributed by atoms with van der Waals surface area (Å²) in [6.45, 7) is 0. The molecule has 3 N–H and O–H groups in total. The minimum absolute atomic E-state index is 0.00567. The molecule has 0 atom stereocenters. The second-order valence-corrected chi connectivity index (χ2v) is 6.52. The van der Waals surface area contributed by atoms with Crippen LogP contribution in [-0.4, -0.2) is 33.8 Å². The second-order valence-electron chi connectivity index (χ2n) is 4.96. The summed E-state index contributed by atoms with van der Waals surface area (Å²) in [5.41, 5.74) is 2.64. The number of hydrazone groups is 1. The first-order valence-corrected chi connectivity index (χ1v) is 8.63. The number of nitrogens with zero attached hydrogens (tertiary/aromatic N) is 2. The molecule has 26 heavy (non-hydrogen) atoms. The molecular formula is C15H16N4O6S. The van der Waals surface area contributed by atoms with Crippen LogP contribution in [0.4, 0.5) is 11.4 Å². The number of ether oxygens (including phenoxy) is 2. The Balaban J connectivity index is 2.29. The lowest BCUT2D eigenvalue weighted by molar-refractivity contribution is -0.384. The van der Waals surface area contributed by atoms with Crippen LogP contribution in [0.2, 0.25) is 0 Å². The fourth-order valence-corrected chi connectivity index (χ4v) is 2.56. The van der Waals surface area contributed by atoms with Crippen LogP contribution in [0.1, 0.15) is 5.56 Å². The summed E-state index contributed by atoms with van der Waals surface area (Å²) in [5, 5.41) is 20.1. The van der Waals surface area contributed by atoms with E-state index < -0.39 is 20.6 Å². The Labute approximate surface area is 149 Å². The molecule has 2 aromatic carbocycles. The molecule has 0 radical (unpaired) electrons. The van der Waals surface area contributed by atoms with Crippen LogP contribution in [0, 0.1) is 10.1 Å². The number of nitro benzene ring substituents is 1. The van der Waals surface area contributed by atoms with E-state index in [1.54, 1.807) is 18.2 Å². The molecular weight excluding hydrogens is 364 g/mol. The molecule has 0 saturated heterocycles. The molecule has 138 valence electrons. The van der Waals surface area contributed by atoms with Crippen molar-refractivity contribution in [2.45, 2.75) is 4.90 Å². The number of hydrogen-bond donors (Lipinski definition) is 2. The van der Waals surface area contributed by atoms with Gasteiger partial charge in [-0.2, -0.15) is 5.10 Å². The summed E-state index contributed by atoms with van der Waals surface area (Å²) in [7, 11) is -1.05. The van der Waals surface area contributed by atoms with Gasteiger partial charge in [0.05, 0.1) is 30.3 Å². The number of hydrogen-bond acceptors (Lipinski definition) is 8. The van der Waals surface area contributed by atoms with Crippen LogP contribution in [0.3, 0.4) is 0 Å². The average Bonchev–Trinajstić information content (AvgIpc) is 2.61. The number of rotatable bonds is 7. The van der Waals surface area contributed by atoms with Gasteiger partial charge in [0.1, 0.15) is 17.2 Å².